The molecule has 0 atom stereocenters. The van der Waals surface area contributed by atoms with Gasteiger partial charge in [-0.25, -0.2) is 0 Å². The second-order valence-electron chi connectivity index (χ2n) is 3.61. The summed E-state index contributed by atoms with van der Waals surface area (Å²) in [7, 11) is 0. The summed E-state index contributed by atoms with van der Waals surface area (Å²) >= 11 is 3.31. The van der Waals surface area contributed by atoms with E-state index in [1.165, 1.54) is 0 Å². The number of rotatable bonds is 6. The van der Waals surface area contributed by atoms with Crippen LogP contribution in [0.3, 0.4) is 0 Å². The predicted molar refractivity (Wildman–Crippen MR) is 74.3 cm³/mol. The summed E-state index contributed by atoms with van der Waals surface area (Å²) in [6.07, 6.45) is 0. The third kappa shape index (κ3) is 5.79. The van der Waals surface area contributed by atoms with Crippen molar-refractivity contribution in [2.24, 2.45) is 0 Å². The number of hydrogen-bond donors (Lipinski definition) is 3. The SMILES string of the molecule is CCNC(=O)CNCC(=O)Nc1ccc(Br)cc1. The third-order valence-corrected chi connectivity index (χ3v) is 2.60. The Hall–Kier alpha value is -1.40. The van der Waals surface area contributed by atoms with Gasteiger partial charge in [-0.05, 0) is 31.2 Å². The van der Waals surface area contributed by atoms with Gasteiger partial charge in [0.15, 0.2) is 0 Å². The first kappa shape index (κ1) is 14.7. The maximum Gasteiger partial charge on any atom is 0.238 e. The molecule has 1 aromatic carbocycles. The number of benzene rings is 1. The van der Waals surface area contributed by atoms with E-state index >= 15 is 0 Å². The Morgan fingerprint density at radius 1 is 1.11 bits per heavy atom. The van der Waals surface area contributed by atoms with Crippen molar-refractivity contribution in [2.45, 2.75) is 6.92 Å². The molecule has 0 radical (unpaired) electrons. The van der Waals surface area contributed by atoms with Gasteiger partial charge in [-0.3, -0.25) is 14.9 Å². The molecule has 2 amide bonds. The number of carbonyl (C=O) groups is 2. The molecular weight excluding hydrogens is 298 g/mol. The number of nitrogens with one attached hydrogen (secondary N) is 3. The lowest BCUT2D eigenvalue weighted by Crippen LogP contribution is -2.37. The largest absolute Gasteiger partial charge is 0.355 e. The zero-order chi connectivity index (χ0) is 13.4. The summed E-state index contributed by atoms with van der Waals surface area (Å²) in [6.45, 7) is 2.68. The molecule has 0 unspecified atom stereocenters. The van der Waals surface area contributed by atoms with Gasteiger partial charge in [-0.1, -0.05) is 15.9 Å². The Morgan fingerprint density at radius 3 is 2.33 bits per heavy atom. The molecule has 0 aliphatic carbocycles. The van der Waals surface area contributed by atoms with E-state index in [4.69, 9.17) is 0 Å². The topological polar surface area (TPSA) is 70.2 Å². The van der Waals surface area contributed by atoms with Gasteiger partial charge in [0.25, 0.3) is 0 Å². The molecule has 5 nitrogen and oxygen atoms in total. The number of carbonyl (C=O) groups excluding carboxylic acids is 2. The molecule has 0 heterocycles. The third-order valence-electron chi connectivity index (χ3n) is 2.07. The molecular formula is C12H16BrN3O2. The van der Waals surface area contributed by atoms with Crippen LogP contribution in [0.4, 0.5) is 5.69 Å². The summed E-state index contributed by atoms with van der Waals surface area (Å²) in [4.78, 5) is 22.6. The second kappa shape index (κ2) is 7.84. The minimum Gasteiger partial charge on any atom is -0.355 e. The highest BCUT2D eigenvalue weighted by molar-refractivity contribution is 9.10. The molecule has 0 aliphatic rings. The molecule has 98 valence electrons. The molecule has 0 saturated heterocycles. The van der Waals surface area contributed by atoms with E-state index in [1.807, 2.05) is 19.1 Å². The van der Waals surface area contributed by atoms with E-state index in [9.17, 15) is 9.59 Å². The van der Waals surface area contributed by atoms with Gasteiger partial charge in [0.2, 0.25) is 11.8 Å². The highest BCUT2D eigenvalue weighted by Crippen LogP contribution is 2.13. The molecule has 0 spiro atoms. The van der Waals surface area contributed by atoms with Gasteiger partial charge >= 0.3 is 0 Å². The number of hydrogen-bond acceptors (Lipinski definition) is 3. The van der Waals surface area contributed by atoms with Crippen molar-refractivity contribution >= 4 is 33.4 Å². The molecule has 3 N–H and O–H groups in total. The predicted octanol–water partition coefficient (Wildman–Crippen LogP) is 1.11. The molecule has 0 aliphatic heterocycles. The van der Waals surface area contributed by atoms with Crippen LogP contribution >= 0.6 is 15.9 Å². The standard InChI is InChI=1S/C12H16BrN3O2/c1-2-15-11(17)7-14-8-12(18)16-10-5-3-9(13)4-6-10/h3-6,14H,2,7-8H2,1H3,(H,15,17)(H,16,18). The zero-order valence-corrected chi connectivity index (χ0v) is 11.7. The lowest BCUT2D eigenvalue weighted by molar-refractivity contribution is -0.120. The van der Waals surface area contributed by atoms with Gasteiger partial charge < -0.3 is 10.6 Å². The maximum absolute atomic E-state index is 11.5. The second-order valence-corrected chi connectivity index (χ2v) is 4.53. The average Bonchev–Trinajstić information content (AvgIpc) is 2.32. The van der Waals surface area contributed by atoms with Crippen LogP contribution in [0.2, 0.25) is 0 Å². The fourth-order valence-corrected chi connectivity index (χ4v) is 1.55. The Labute approximate surface area is 114 Å². The van der Waals surface area contributed by atoms with Crippen molar-refractivity contribution in [1.82, 2.24) is 10.6 Å². The van der Waals surface area contributed by atoms with E-state index < -0.39 is 0 Å². The summed E-state index contributed by atoms with van der Waals surface area (Å²) in [5.41, 5.74) is 0.725. The summed E-state index contributed by atoms with van der Waals surface area (Å²) in [6, 6.07) is 7.28. The van der Waals surface area contributed by atoms with Crippen LogP contribution in [0.15, 0.2) is 28.7 Å². The minimum atomic E-state index is -0.179. The maximum atomic E-state index is 11.5. The minimum absolute atomic E-state index is 0.104. The van der Waals surface area contributed by atoms with E-state index in [0.29, 0.717) is 6.54 Å². The first-order valence-electron chi connectivity index (χ1n) is 5.64. The molecule has 6 heteroatoms. The van der Waals surface area contributed by atoms with Gasteiger partial charge in [0, 0.05) is 16.7 Å². The van der Waals surface area contributed by atoms with Crippen LogP contribution in [0, 0.1) is 0 Å². The normalized spacial score (nSPS) is 9.89. The molecule has 0 bridgehead atoms. The summed E-state index contributed by atoms with van der Waals surface area (Å²) in [5.74, 6) is -0.296. The van der Waals surface area contributed by atoms with Crippen LogP contribution in [0.5, 0.6) is 0 Å². The van der Waals surface area contributed by atoms with Crippen molar-refractivity contribution in [3.63, 3.8) is 0 Å². The van der Waals surface area contributed by atoms with Crippen LogP contribution in [0.25, 0.3) is 0 Å². The van der Waals surface area contributed by atoms with Crippen molar-refractivity contribution in [1.29, 1.82) is 0 Å². The number of amides is 2. The van der Waals surface area contributed by atoms with E-state index in [0.717, 1.165) is 10.2 Å². The lowest BCUT2D eigenvalue weighted by atomic mass is 10.3. The van der Waals surface area contributed by atoms with Crippen LogP contribution in [-0.4, -0.2) is 31.4 Å². The molecule has 1 aromatic rings. The van der Waals surface area contributed by atoms with Crippen LogP contribution in [-0.2, 0) is 9.59 Å². The first-order valence-corrected chi connectivity index (χ1v) is 6.44. The molecule has 0 aromatic heterocycles. The van der Waals surface area contributed by atoms with Gasteiger partial charge in [0.05, 0.1) is 13.1 Å². The molecule has 0 fully saturated rings. The van der Waals surface area contributed by atoms with Crippen molar-refractivity contribution in [2.75, 3.05) is 25.0 Å². The molecule has 18 heavy (non-hydrogen) atoms. The van der Waals surface area contributed by atoms with Crippen molar-refractivity contribution in [3.8, 4) is 0 Å². The first-order chi connectivity index (χ1) is 8.61. The molecule has 1 rings (SSSR count). The van der Waals surface area contributed by atoms with Gasteiger partial charge in [0.1, 0.15) is 0 Å². The molecule has 0 saturated carbocycles. The average molecular weight is 314 g/mol. The zero-order valence-electron chi connectivity index (χ0n) is 10.1. The van der Waals surface area contributed by atoms with E-state index in [1.54, 1.807) is 12.1 Å². The number of anilines is 1. The van der Waals surface area contributed by atoms with Crippen LogP contribution < -0.4 is 16.0 Å². The number of likely N-dealkylation sites (N-methyl/N-ethyl adjacent to an activating group) is 1. The number of halogens is 1. The van der Waals surface area contributed by atoms with Gasteiger partial charge in [-0.2, -0.15) is 0 Å². The van der Waals surface area contributed by atoms with Crippen molar-refractivity contribution in [3.05, 3.63) is 28.7 Å². The Bertz CT molecular complexity index is 406. The summed E-state index contributed by atoms with van der Waals surface area (Å²) < 4.78 is 0.954. The summed E-state index contributed by atoms with van der Waals surface area (Å²) in [5, 5.41) is 8.13. The van der Waals surface area contributed by atoms with Gasteiger partial charge in [-0.15, -0.1) is 0 Å². The van der Waals surface area contributed by atoms with E-state index in [-0.39, 0.29) is 24.9 Å². The fourth-order valence-electron chi connectivity index (χ4n) is 1.29. The Morgan fingerprint density at radius 2 is 1.72 bits per heavy atom. The highest BCUT2D eigenvalue weighted by Gasteiger charge is 2.03. The lowest BCUT2D eigenvalue weighted by Gasteiger charge is -2.06. The van der Waals surface area contributed by atoms with E-state index in [2.05, 4.69) is 31.9 Å². The quantitative estimate of drug-likeness (QED) is 0.737. The Kier molecular flexibility index (Phi) is 6.38. The van der Waals surface area contributed by atoms with Crippen LogP contribution in [0.1, 0.15) is 6.92 Å². The Balaban J connectivity index is 2.25. The fraction of sp³-hybridized carbons (Fsp3) is 0.333. The van der Waals surface area contributed by atoms with Crippen molar-refractivity contribution < 1.29 is 9.59 Å². The smallest absolute Gasteiger partial charge is 0.238 e. The highest BCUT2D eigenvalue weighted by atomic mass is 79.9. The monoisotopic (exact) mass is 313 g/mol.